The van der Waals surface area contributed by atoms with Crippen molar-refractivity contribution in [2.45, 2.75) is 51.6 Å². The van der Waals surface area contributed by atoms with Crippen LogP contribution in [0, 0.1) is 5.92 Å². The molecule has 0 saturated heterocycles. The van der Waals surface area contributed by atoms with Crippen LogP contribution in [0.5, 0.6) is 11.5 Å². The number of hydrogen-bond donors (Lipinski definition) is 2. The average Bonchev–Trinajstić information content (AvgIpc) is 2.46. The fourth-order valence-corrected chi connectivity index (χ4v) is 2.89. The van der Waals surface area contributed by atoms with E-state index in [0.29, 0.717) is 24.1 Å². The van der Waals surface area contributed by atoms with E-state index in [9.17, 15) is 5.11 Å². The number of methoxy groups -OCH3 is 1. The molecule has 1 saturated carbocycles. The summed E-state index contributed by atoms with van der Waals surface area (Å²) in [6.07, 6.45) is 6.79. The number of hydrogen-bond acceptors (Lipinski definition) is 3. The zero-order valence-electron chi connectivity index (χ0n) is 12.0. The maximum atomic E-state index is 9.93. The molecule has 0 spiro atoms. The second-order valence-electron chi connectivity index (χ2n) is 5.56. The van der Waals surface area contributed by atoms with Crippen LogP contribution in [0.4, 0.5) is 0 Å². The molecule has 3 nitrogen and oxygen atoms in total. The van der Waals surface area contributed by atoms with Crippen LogP contribution in [0.3, 0.4) is 0 Å². The summed E-state index contributed by atoms with van der Waals surface area (Å²) in [6.45, 7) is 2.98. The molecule has 1 aliphatic rings. The molecule has 0 radical (unpaired) electrons. The minimum atomic E-state index is 0.308. The van der Waals surface area contributed by atoms with Crippen LogP contribution in [0.2, 0.25) is 0 Å². The highest BCUT2D eigenvalue weighted by molar-refractivity contribution is 5.39. The lowest BCUT2D eigenvalue weighted by Gasteiger charge is -2.28. The smallest absolute Gasteiger partial charge is 0.123 e. The first kappa shape index (κ1) is 14.2. The monoisotopic (exact) mass is 263 g/mol. The molecule has 106 valence electrons. The van der Waals surface area contributed by atoms with Gasteiger partial charge in [0.15, 0.2) is 0 Å². The highest BCUT2D eigenvalue weighted by atomic mass is 16.5. The SMILES string of the molecule is COc1ccc(CN[C@@H](C)C2CCCCC2)c(O)c1. The Morgan fingerprint density at radius 2 is 2.05 bits per heavy atom. The fraction of sp³-hybridized carbons (Fsp3) is 0.625. The average molecular weight is 263 g/mol. The van der Waals surface area contributed by atoms with Crippen LogP contribution in [-0.2, 0) is 6.54 Å². The van der Waals surface area contributed by atoms with Crippen LogP contribution >= 0.6 is 0 Å². The van der Waals surface area contributed by atoms with Gasteiger partial charge in [-0.3, -0.25) is 0 Å². The molecule has 0 aromatic heterocycles. The van der Waals surface area contributed by atoms with Gasteiger partial charge in [-0.05, 0) is 31.7 Å². The van der Waals surface area contributed by atoms with E-state index in [4.69, 9.17) is 4.74 Å². The molecule has 1 aliphatic carbocycles. The lowest BCUT2D eigenvalue weighted by molar-refractivity contribution is 0.280. The topological polar surface area (TPSA) is 41.5 Å². The third-order valence-electron chi connectivity index (χ3n) is 4.26. The number of benzene rings is 1. The zero-order chi connectivity index (χ0) is 13.7. The summed E-state index contributed by atoms with van der Waals surface area (Å²) in [5, 5.41) is 13.5. The minimum Gasteiger partial charge on any atom is -0.507 e. The second kappa shape index (κ2) is 6.80. The summed E-state index contributed by atoms with van der Waals surface area (Å²) < 4.78 is 5.09. The molecular formula is C16H25NO2. The van der Waals surface area contributed by atoms with Gasteiger partial charge in [-0.2, -0.15) is 0 Å². The summed E-state index contributed by atoms with van der Waals surface area (Å²) in [5.41, 5.74) is 0.934. The van der Waals surface area contributed by atoms with Gasteiger partial charge in [-0.15, -0.1) is 0 Å². The Morgan fingerprint density at radius 1 is 1.32 bits per heavy atom. The molecule has 0 amide bonds. The Kier molecular flexibility index (Phi) is 5.08. The van der Waals surface area contributed by atoms with Gasteiger partial charge in [0.2, 0.25) is 0 Å². The molecule has 0 bridgehead atoms. The molecule has 2 N–H and O–H groups in total. The third kappa shape index (κ3) is 3.87. The molecular weight excluding hydrogens is 238 g/mol. The third-order valence-corrected chi connectivity index (χ3v) is 4.26. The molecule has 1 aromatic rings. The first-order chi connectivity index (χ1) is 9.20. The van der Waals surface area contributed by atoms with Crippen molar-refractivity contribution in [1.29, 1.82) is 0 Å². The van der Waals surface area contributed by atoms with Crippen molar-refractivity contribution >= 4 is 0 Å². The van der Waals surface area contributed by atoms with Crippen LogP contribution in [0.15, 0.2) is 18.2 Å². The van der Waals surface area contributed by atoms with E-state index >= 15 is 0 Å². The fourth-order valence-electron chi connectivity index (χ4n) is 2.89. The van der Waals surface area contributed by atoms with Crippen molar-refractivity contribution in [3.05, 3.63) is 23.8 Å². The molecule has 2 rings (SSSR count). The Bertz CT molecular complexity index is 400. The van der Waals surface area contributed by atoms with E-state index in [1.165, 1.54) is 32.1 Å². The molecule has 0 heterocycles. The van der Waals surface area contributed by atoms with Gasteiger partial charge < -0.3 is 15.2 Å². The number of aromatic hydroxyl groups is 1. The summed E-state index contributed by atoms with van der Waals surface area (Å²) in [4.78, 5) is 0. The molecule has 0 aliphatic heterocycles. The van der Waals surface area contributed by atoms with Gasteiger partial charge in [0, 0.05) is 24.2 Å². The van der Waals surface area contributed by atoms with Crippen LogP contribution in [0.25, 0.3) is 0 Å². The Balaban J connectivity index is 1.87. The van der Waals surface area contributed by atoms with E-state index in [-0.39, 0.29) is 0 Å². The van der Waals surface area contributed by atoms with Crippen molar-refractivity contribution < 1.29 is 9.84 Å². The highest BCUT2D eigenvalue weighted by Gasteiger charge is 2.19. The normalized spacial score (nSPS) is 18.2. The van der Waals surface area contributed by atoms with Crippen molar-refractivity contribution in [3.63, 3.8) is 0 Å². The molecule has 1 aromatic carbocycles. The maximum absolute atomic E-state index is 9.93. The first-order valence-corrected chi connectivity index (χ1v) is 7.30. The van der Waals surface area contributed by atoms with Crippen molar-refractivity contribution in [3.8, 4) is 11.5 Å². The van der Waals surface area contributed by atoms with Crippen LogP contribution in [-0.4, -0.2) is 18.3 Å². The number of ether oxygens (including phenoxy) is 1. The molecule has 0 unspecified atom stereocenters. The molecule has 3 heteroatoms. The van der Waals surface area contributed by atoms with E-state index in [1.54, 1.807) is 13.2 Å². The predicted octanol–water partition coefficient (Wildman–Crippen LogP) is 3.46. The Hall–Kier alpha value is -1.22. The maximum Gasteiger partial charge on any atom is 0.123 e. The standard InChI is InChI=1S/C16H25NO2/c1-12(13-6-4-3-5-7-13)17-11-14-8-9-15(19-2)10-16(14)18/h8-10,12-13,17-18H,3-7,11H2,1-2H3/t12-/m0/s1. The van der Waals surface area contributed by atoms with E-state index < -0.39 is 0 Å². The minimum absolute atomic E-state index is 0.308. The lowest BCUT2D eigenvalue weighted by atomic mass is 9.84. The van der Waals surface area contributed by atoms with Gasteiger partial charge in [0.05, 0.1) is 7.11 Å². The second-order valence-corrected chi connectivity index (χ2v) is 5.56. The number of phenolic OH excluding ortho intramolecular Hbond substituents is 1. The largest absolute Gasteiger partial charge is 0.507 e. The van der Waals surface area contributed by atoms with Gasteiger partial charge in [-0.1, -0.05) is 25.3 Å². The molecule has 1 atom stereocenters. The van der Waals surface area contributed by atoms with Gasteiger partial charge in [0.25, 0.3) is 0 Å². The van der Waals surface area contributed by atoms with E-state index in [2.05, 4.69) is 12.2 Å². The van der Waals surface area contributed by atoms with E-state index in [0.717, 1.165) is 11.5 Å². The summed E-state index contributed by atoms with van der Waals surface area (Å²) in [7, 11) is 1.61. The zero-order valence-corrected chi connectivity index (χ0v) is 12.0. The van der Waals surface area contributed by atoms with Crippen LogP contribution < -0.4 is 10.1 Å². The van der Waals surface area contributed by atoms with Crippen molar-refractivity contribution in [1.82, 2.24) is 5.32 Å². The van der Waals surface area contributed by atoms with Crippen molar-refractivity contribution in [2.75, 3.05) is 7.11 Å². The van der Waals surface area contributed by atoms with Crippen molar-refractivity contribution in [2.24, 2.45) is 5.92 Å². The highest BCUT2D eigenvalue weighted by Crippen LogP contribution is 2.27. The number of nitrogens with one attached hydrogen (secondary N) is 1. The molecule has 19 heavy (non-hydrogen) atoms. The van der Waals surface area contributed by atoms with Gasteiger partial charge >= 0.3 is 0 Å². The van der Waals surface area contributed by atoms with Gasteiger partial charge in [-0.25, -0.2) is 0 Å². The van der Waals surface area contributed by atoms with E-state index in [1.807, 2.05) is 12.1 Å². The predicted molar refractivity (Wildman–Crippen MR) is 77.5 cm³/mol. The summed E-state index contributed by atoms with van der Waals surface area (Å²) >= 11 is 0. The Morgan fingerprint density at radius 3 is 2.68 bits per heavy atom. The quantitative estimate of drug-likeness (QED) is 0.855. The Labute approximate surface area is 116 Å². The molecule has 1 fully saturated rings. The first-order valence-electron chi connectivity index (χ1n) is 7.30. The summed E-state index contributed by atoms with van der Waals surface area (Å²) in [5.74, 6) is 1.79. The number of phenols is 1. The lowest BCUT2D eigenvalue weighted by Crippen LogP contribution is -2.34. The van der Waals surface area contributed by atoms with Gasteiger partial charge in [0.1, 0.15) is 11.5 Å². The number of rotatable bonds is 5. The summed E-state index contributed by atoms with van der Waals surface area (Å²) in [6, 6.07) is 6.00. The van der Waals surface area contributed by atoms with Crippen LogP contribution in [0.1, 0.15) is 44.6 Å².